The first kappa shape index (κ1) is 24.3. The molecule has 0 bridgehead atoms. The first-order valence-electron chi connectivity index (χ1n) is 11.2. The molecule has 1 aromatic carbocycles. The van der Waals surface area contributed by atoms with E-state index in [-0.39, 0.29) is 5.91 Å². The molecule has 4 rings (SSSR count). The number of carbonyl (C=O) groups is 1. The van der Waals surface area contributed by atoms with Crippen molar-refractivity contribution in [3.8, 4) is 0 Å². The van der Waals surface area contributed by atoms with Crippen molar-refractivity contribution < 1.29 is 9.53 Å². The molecule has 180 valence electrons. The van der Waals surface area contributed by atoms with Gasteiger partial charge < -0.3 is 20.7 Å². The Morgan fingerprint density at radius 1 is 1.18 bits per heavy atom. The number of anilines is 4. The number of aryl methyl sites for hydroxylation is 2. The minimum atomic E-state index is -0.318. The Hall–Kier alpha value is -2.79. The Labute approximate surface area is 207 Å². The van der Waals surface area contributed by atoms with Crippen molar-refractivity contribution in [3.05, 3.63) is 51.7 Å². The van der Waals surface area contributed by atoms with Gasteiger partial charge in [0.1, 0.15) is 23.2 Å². The lowest BCUT2D eigenvalue weighted by Crippen LogP contribution is -2.37. The highest BCUT2D eigenvalue weighted by molar-refractivity contribution is 7.14. The summed E-state index contributed by atoms with van der Waals surface area (Å²) in [5.41, 5.74) is 1.78. The van der Waals surface area contributed by atoms with Gasteiger partial charge in [-0.15, -0.1) is 11.3 Å². The summed E-state index contributed by atoms with van der Waals surface area (Å²) in [7, 11) is 0. The molecule has 3 N–H and O–H groups in total. The van der Waals surface area contributed by atoms with Gasteiger partial charge in [-0.2, -0.15) is 0 Å². The van der Waals surface area contributed by atoms with E-state index < -0.39 is 0 Å². The lowest BCUT2D eigenvalue weighted by atomic mass is 10.2. The van der Waals surface area contributed by atoms with Crippen LogP contribution in [0, 0.1) is 13.8 Å². The van der Waals surface area contributed by atoms with E-state index in [1.165, 1.54) is 11.3 Å². The summed E-state index contributed by atoms with van der Waals surface area (Å²) in [5, 5.41) is 12.1. The highest BCUT2D eigenvalue weighted by Gasteiger charge is 2.15. The van der Waals surface area contributed by atoms with Crippen LogP contribution in [0.5, 0.6) is 0 Å². The van der Waals surface area contributed by atoms with E-state index in [0.29, 0.717) is 33.2 Å². The summed E-state index contributed by atoms with van der Waals surface area (Å²) >= 11 is 7.54. The number of nitrogens with one attached hydrogen (secondary N) is 3. The van der Waals surface area contributed by atoms with Crippen molar-refractivity contribution in [2.75, 3.05) is 55.3 Å². The van der Waals surface area contributed by atoms with E-state index in [9.17, 15) is 4.79 Å². The van der Waals surface area contributed by atoms with Gasteiger partial charge in [0.25, 0.3) is 5.91 Å². The number of hydrogen-bond acceptors (Lipinski definition) is 9. The highest BCUT2D eigenvalue weighted by Crippen LogP contribution is 2.27. The van der Waals surface area contributed by atoms with Crippen molar-refractivity contribution in [3.63, 3.8) is 0 Å². The number of para-hydroxylation sites is 1. The number of morpholine rings is 1. The Kier molecular flexibility index (Phi) is 8.28. The molecular formula is C23H28ClN7O2S. The predicted molar refractivity (Wildman–Crippen MR) is 137 cm³/mol. The van der Waals surface area contributed by atoms with Crippen molar-refractivity contribution in [1.29, 1.82) is 0 Å². The molecule has 9 nitrogen and oxygen atoms in total. The summed E-state index contributed by atoms with van der Waals surface area (Å²) in [6, 6.07) is 7.32. The molecule has 3 aromatic rings. The molecule has 1 aliphatic heterocycles. The number of carbonyl (C=O) groups excluding carboxylic acids is 1. The quantitative estimate of drug-likeness (QED) is 0.372. The molecule has 34 heavy (non-hydrogen) atoms. The predicted octanol–water partition coefficient (Wildman–Crippen LogP) is 4.33. The number of benzene rings is 1. The van der Waals surface area contributed by atoms with Gasteiger partial charge in [-0.05, 0) is 38.4 Å². The van der Waals surface area contributed by atoms with Crippen molar-refractivity contribution in [1.82, 2.24) is 19.9 Å². The first-order chi connectivity index (χ1) is 16.5. The molecular weight excluding hydrogens is 474 g/mol. The van der Waals surface area contributed by atoms with E-state index in [0.717, 1.165) is 57.2 Å². The number of hydrogen-bond donors (Lipinski definition) is 3. The van der Waals surface area contributed by atoms with Crippen LogP contribution in [-0.4, -0.2) is 65.2 Å². The lowest BCUT2D eigenvalue weighted by molar-refractivity contribution is 0.0378. The second-order valence-electron chi connectivity index (χ2n) is 7.97. The number of amides is 1. The Morgan fingerprint density at radius 2 is 1.97 bits per heavy atom. The van der Waals surface area contributed by atoms with Crippen LogP contribution in [-0.2, 0) is 4.74 Å². The Balaban J connectivity index is 1.33. The van der Waals surface area contributed by atoms with Crippen LogP contribution in [0.3, 0.4) is 0 Å². The zero-order chi connectivity index (χ0) is 23.9. The maximum atomic E-state index is 12.7. The normalized spacial score (nSPS) is 14.1. The maximum Gasteiger partial charge on any atom is 0.275 e. The van der Waals surface area contributed by atoms with Gasteiger partial charge in [-0.1, -0.05) is 23.7 Å². The molecule has 1 amide bonds. The molecule has 0 aliphatic carbocycles. The largest absolute Gasteiger partial charge is 0.379 e. The molecule has 0 radical (unpaired) electrons. The van der Waals surface area contributed by atoms with Crippen LogP contribution < -0.4 is 16.0 Å². The number of rotatable bonds is 9. The minimum Gasteiger partial charge on any atom is -0.379 e. The van der Waals surface area contributed by atoms with E-state index in [1.807, 2.05) is 32.0 Å². The van der Waals surface area contributed by atoms with E-state index in [4.69, 9.17) is 16.3 Å². The summed E-state index contributed by atoms with van der Waals surface area (Å²) in [6.45, 7) is 9.19. The molecule has 0 atom stereocenters. The average molecular weight is 502 g/mol. The van der Waals surface area contributed by atoms with E-state index in [2.05, 4.69) is 35.8 Å². The van der Waals surface area contributed by atoms with Gasteiger partial charge in [-0.3, -0.25) is 9.69 Å². The molecule has 2 aromatic heterocycles. The van der Waals surface area contributed by atoms with Gasteiger partial charge in [0.2, 0.25) is 0 Å². The van der Waals surface area contributed by atoms with Crippen LogP contribution in [0.15, 0.2) is 29.6 Å². The summed E-state index contributed by atoms with van der Waals surface area (Å²) < 4.78 is 5.39. The Morgan fingerprint density at radius 3 is 2.76 bits per heavy atom. The van der Waals surface area contributed by atoms with Crippen LogP contribution in [0.25, 0.3) is 0 Å². The fourth-order valence-corrected chi connectivity index (χ4v) is 4.55. The zero-order valence-electron chi connectivity index (χ0n) is 19.2. The van der Waals surface area contributed by atoms with Gasteiger partial charge in [-0.25, -0.2) is 15.0 Å². The SMILES string of the molecule is Cc1nc(NCCCN2CCOCC2)cc(Nc2nc(C(=O)Nc3c(C)cccc3Cl)cs2)n1. The number of nitrogens with zero attached hydrogens (tertiary/aromatic N) is 4. The van der Waals surface area contributed by atoms with Gasteiger partial charge in [0.15, 0.2) is 5.13 Å². The van der Waals surface area contributed by atoms with Crippen molar-refractivity contribution in [2.45, 2.75) is 20.3 Å². The van der Waals surface area contributed by atoms with E-state index >= 15 is 0 Å². The third kappa shape index (κ3) is 6.63. The standard InChI is InChI=1S/C23H28ClN7O2S/c1-15-5-3-6-17(24)21(15)30-22(32)18-14-34-23(28-18)29-20-13-19(26-16(2)27-20)25-7-4-8-31-9-11-33-12-10-31/h3,5-6,13-14H,4,7-12H2,1-2H3,(H,30,32)(H2,25,26,27,28,29). The topological polar surface area (TPSA) is 104 Å². The highest BCUT2D eigenvalue weighted by atomic mass is 35.5. The Bertz CT molecular complexity index is 1110. The van der Waals surface area contributed by atoms with Crippen LogP contribution >= 0.6 is 22.9 Å². The van der Waals surface area contributed by atoms with Crippen LogP contribution in [0.4, 0.5) is 22.5 Å². The fraction of sp³-hybridized carbons (Fsp3) is 0.391. The van der Waals surface area contributed by atoms with Crippen LogP contribution in [0.2, 0.25) is 5.02 Å². The monoisotopic (exact) mass is 501 g/mol. The molecule has 1 fully saturated rings. The van der Waals surface area contributed by atoms with Gasteiger partial charge in [0.05, 0.1) is 23.9 Å². The minimum absolute atomic E-state index is 0.305. The number of ether oxygens (including phenoxy) is 1. The lowest BCUT2D eigenvalue weighted by Gasteiger charge is -2.26. The summed E-state index contributed by atoms with van der Waals surface area (Å²) in [6.07, 6.45) is 1.02. The molecule has 1 saturated heterocycles. The maximum absolute atomic E-state index is 12.7. The second kappa shape index (κ2) is 11.6. The molecule has 11 heteroatoms. The number of aromatic nitrogens is 3. The zero-order valence-corrected chi connectivity index (χ0v) is 20.8. The summed E-state index contributed by atoms with van der Waals surface area (Å²) in [5.74, 6) is 1.69. The average Bonchev–Trinajstić information content (AvgIpc) is 3.28. The first-order valence-corrected chi connectivity index (χ1v) is 12.4. The third-order valence-corrected chi connectivity index (χ3v) is 6.40. The molecule has 3 heterocycles. The molecule has 0 unspecified atom stereocenters. The summed E-state index contributed by atoms with van der Waals surface area (Å²) in [4.78, 5) is 28.4. The van der Waals surface area contributed by atoms with Crippen molar-refractivity contribution in [2.24, 2.45) is 0 Å². The van der Waals surface area contributed by atoms with E-state index in [1.54, 1.807) is 11.4 Å². The third-order valence-electron chi connectivity index (χ3n) is 5.33. The molecule has 0 spiro atoms. The molecule has 1 aliphatic rings. The van der Waals surface area contributed by atoms with Crippen molar-refractivity contribution >= 4 is 51.3 Å². The molecule has 0 saturated carbocycles. The van der Waals surface area contributed by atoms with Gasteiger partial charge in [0, 0.05) is 31.1 Å². The van der Waals surface area contributed by atoms with Crippen LogP contribution in [0.1, 0.15) is 28.3 Å². The second-order valence-corrected chi connectivity index (χ2v) is 9.23. The number of halogens is 1. The number of thiazole rings is 1. The fourth-order valence-electron chi connectivity index (χ4n) is 3.58. The van der Waals surface area contributed by atoms with Gasteiger partial charge >= 0.3 is 0 Å². The smallest absolute Gasteiger partial charge is 0.275 e.